The minimum Gasteiger partial charge on any atom is -0.325 e. The van der Waals surface area contributed by atoms with Crippen LogP contribution in [0.5, 0.6) is 0 Å². The van der Waals surface area contributed by atoms with Gasteiger partial charge in [0.15, 0.2) is 0 Å². The fourth-order valence-electron chi connectivity index (χ4n) is 2.99. The van der Waals surface area contributed by atoms with Crippen LogP contribution in [-0.2, 0) is 14.4 Å². The number of nitrogens with zero attached hydrogens (tertiary/aromatic N) is 1. The van der Waals surface area contributed by atoms with Gasteiger partial charge in [-0.1, -0.05) is 22.0 Å². The van der Waals surface area contributed by atoms with Crippen LogP contribution in [0.25, 0.3) is 0 Å². The molecule has 0 aromatic heterocycles. The molecule has 2 aromatic carbocycles. The van der Waals surface area contributed by atoms with Gasteiger partial charge in [-0.05, 0) is 61.4 Å². The molecule has 0 spiro atoms. The van der Waals surface area contributed by atoms with E-state index in [-0.39, 0.29) is 29.9 Å². The summed E-state index contributed by atoms with van der Waals surface area (Å²) in [5.41, 5.74) is 3.28. The number of hydrogen-bond acceptors (Lipinski definition) is 4. The van der Waals surface area contributed by atoms with Gasteiger partial charge in [0.25, 0.3) is 0 Å². The lowest BCUT2D eigenvalue weighted by Gasteiger charge is -2.16. The van der Waals surface area contributed by atoms with Crippen LogP contribution in [0.2, 0.25) is 0 Å². The first-order valence-corrected chi connectivity index (χ1v) is 10.3. The number of imide groups is 1. The van der Waals surface area contributed by atoms with Gasteiger partial charge >= 0.3 is 0 Å². The maximum Gasteiger partial charge on any atom is 0.247 e. The Bertz CT molecular complexity index is 878. The van der Waals surface area contributed by atoms with E-state index in [4.69, 9.17) is 0 Å². The van der Waals surface area contributed by atoms with Crippen LogP contribution in [0.4, 0.5) is 11.4 Å². The Morgan fingerprint density at radius 1 is 1.15 bits per heavy atom. The molecule has 1 atom stereocenters. The van der Waals surface area contributed by atoms with E-state index in [0.717, 1.165) is 15.6 Å². The number of nitrogens with one attached hydrogen (secondary N) is 1. The summed E-state index contributed by atoms with van der Waals surface area (Å²) < 4.78 is 0.927. The Kier molecular flexibility index (Phi) is 6.01. The van der Waals surface area contributed by atoms with Gasteiger partial charge in [-0.2, -0.15) is 0 Å². The third-order valence-corrected chi connectivity index (χ3v) is 5.84. The molecule has 0 bridgehead atoms. The van der Waals surface area contributed by atoms with Crippen molar-refractivity contribution < 1.29 is 14.4 Å². The molecular formula is C20H19BrN2O3S. The van der Waals surface area contributed by atoms with E-state index in [2.05, 4.69) is 21.2 Å². The van der Waals surface area contributed by atoms with E-state index in [1.807, 2.05) is 44.2 Å². The minimum atomic E-state index is -0.533. The molecule has 1 unspecified atom stereocenters. The molecule has 3 amide bonds. The van der Waals surface area contributed by atoms with E-state index in [0.29, 0.717) is 11.4 Å². The summed E-state index contributed by atoms with van der Waals surface area (Å²) in [6, 6.07) is 12.9. The van der Waals surface area contributed by atoms with Gasteiger partial charge in [0.2, 0.25) is 17.7 Å². The molecule has 140 valence electrons. The van der Waals surface area contributed by atoms with Crippen molar-refractivity contribution in [2.75, 3.05) is 16.0 Å². The van der Waals surface area contributed by atoms with Gasteiger partial charge < -0.3 is 5.32 Å². The number of thioether (sulfide) groups is 1. The molecule has 3 rings (SSSR count). The average molecular weight is 447 g/mol. The van der Waals surface area contributed by atoms with Crippen molar-refractivity contribution in [3.63, 3.8) is 0 Å². The maximum absolute atomic E-state index is 12.7. The van der Waals surface area contributed by atoms with Gasteiger partial charge in [-0.3, -0.25) is 14.4 Å². The SMILES string of the molecule is Cc1cc(C)cc(N2C(=O)CC(SCC(=O)Nc3ccc(Br)cc3)C2=O)c1. The van der Waals surface area contributed by atoms with Crippen molar-refractivity contribution in [3.8, 4) is 0 Å². The topological polar surface area (TPSA) is 66.5 Å². The second kappa shape index (κ2) is 8.27. The summed E-state index contributed by atoms with van der Waals surface area (Å²) >= 11 is 4.54. The van der Waals surface area contributed by atoms with Crippen molar-refractivity contribution in [1.82, 2.24) is 0 Å². The Balaban J connectivity index is 1.61. The number of halogens is 1. The molecule has 0 radical (unpaired) electrons. The smallest absolute Gasteiger partial charge is 0.247 e. The van der Waals surface area contributed by atoms with Crippen LogP contribution >= 0.6 is 27.7 Å². The largest absolute Gasteiger partial charge is 0.325 e. The zero-order valence-corrected chi connectivity index (χ0v) is 17.4. The second-order valence-electron chi connectivity index (χ2n) is 6.47. The third-order valence-electron chi connectivity index (χ3n) is 4.11. The van der Waals surface area contributed by atoms with Gasteiger partial charge in [0.05, 0.1) is 16.7 Å². The fourth-order valence-corrected chi connectivity index (χ4v) is 4.19. The molecule has 1 N–H and O–H groups in total. The van der Waals surface area contributed by atoms with E-state index in [9.17, 15) is 14.4 Å². The second-order valence-corrected chi connectivity index (χ2v) is 8.58. The molecule has 1 saturated heterocycles. The molecule has 5 nitrogen and oxygen atoms in total. The van der Waals surface area contributed by atoms with Crippen LogP contribution in [0.1, 0.15) is 17.5 Å². The number of carbonyl (C=O) groups is 3. The van der Waals surface area contributed by atoms with Crippen LogP contribution in [0, 0.1) is 13.8 Å². The Morgan fingerprint density at radius 2 is 1.78 bits per heavy atom. The number of carbonyl (C=O) groups excluding carboxylic acids is 3. The summed E-state index contributed by atoms with van der Waals surface area (Å²) in [5, 5.41) is 2.25. The lowest BCUT2D eigenvalue weighted by molar-refractivity contribution is -0.121. The lowest BCUT2D eigenvalue weighted by Crippen LogP contribution is -2.31. The monoisotopic (exact) mass is 446 g/mol. The van der Waals surface area contributed by atoms with Crippen LogP contribution in [-0.4, -0.2) is 28.7 Å². The Hall–Kier alpha value is -2.12. The zero-order valence-electron chi connectivity index (χ0n) is 15.0. The average Bonchev–Trinajstić information content (AvgIpc) is 2.88. The highest BCUT2D eigenvalue weighted by Crippen LogP contribution is 2.30. The van der Waals surface area contributed by atoms with Crippen LogP contribution in [0.15, 0.2) is 46.9 Å². The highest BCUT2D eigenvalue weighted by atomic mass is 79.9. The maximum atomic E-state index is 12.7. The lowest BCUT2D eigenvalue weighted by atomic mass is 10.1. The Morgan fingerprint density at radius 3 is 2.41 bits per heavy atom. The number of aryl methyl sites for hydroxylation is 2. The van der Waals surface area contributed by atoms with Crippen molar-refractivity contribution in [2.45, 2.75) is 25.5 Å². The van der Waals surface area contributed by atoms with Crippen LogP contribution < -0.4 is 10.2 Å². The molecule has 1 fully saturated rings. The number of anilines is 2. The molecule has 1 aliphatic heterocycles. The molecule has 0 saturated carbocycles. The zero-order chi connectivity index (χ0) is 19.6. The quantitative estimate of drug-likeness (QED) is 0.702. The van der Waals surface area contributed by atoms with Crippen molar-refractivity contribution >= 4 is 56.8 Å². The van der Waals surface area contributed by atoms with Gasteiger partial charge in [-0.25, -0.2) is 4.90 Å². The van der Waals surface area contributed by atoms with Gasteiger partial charge in [0, 0.05) is 16.6 Å². The summed E-state index contributed by atoms with van der Waals surface area (Å²) in [5.74, 6) is -0.574. The van der Waals surface area contributed by atoms with Gasteiger partial charge in [0.1, 0.15) is 0 Å². The molecular weight excluding hydrogens is 428 g/mol. The first kappa shape index (κ1) is 19.6. The summed E-state index contributed by atoms with van der Waals surface area (Å²) in [4.78, 5) is 38.4. The highest BCUT2D eigenvalue weighted by molar-refractivity contribution is 9.10. The van der Waals surface area contributed by atoms with Crippen LogP contribution in [0.3, 0.4) is 0 Å². The first-order valence-electron chi connectivity index (χ1n) is 8.45. The molecule has 2 aromatic rings. The van der Waals surface area contributed by atoms with Gasteiger partial charge in [-0.15, -0.1) is 11.8 Å². The summed E-state index contributed by atoms with van der Waals surface area (Å²) in [6.45, 7) is 3.86. The highest BCUT2D eigenvalue weighted by Gasteiger charge is 2.40. The van der Waals surface area contributed by atoms with Crippen molar-refractivity contribution in [1.29, 1.82) is 0 Å². The normalized spacial score (nSPS) is 16.7. The third kappa shape index (κ3) is 4.78. The van der Waals surface area contributed by atoms with Crippen molar-refractivity contribution in [3.05, 3.63) is 58.1 Å². The van der Waals surface area contributed by atoms with E-state index < -0.39 is 5.25 Å². The molecule has 1 aliphatic rings. The Labute approximate surface area is 170 Å². The number of hydrogen-bond donors (Lipinski definition) is 1. The fraction of sp³-hybridized carbons (Fsp3) is 0.250. The molecule has 1 heterocycles. The predicted molar refractivity (Wildman–Crippen MR) is 112 cm³/mol. The summed E-state index contributed by atoms with van der Waals surface area (Å²) in [6.07, 6.45) is 0.113. The minimum absolute atomic E-state index is 0.112. The van der Waals surface area contributed by atoms with Crippen molar-refractivity contribution in [2.24, 2.45) is 0 Å². The summed E-state index contributed by atoms with van der Waals surface area (Å²) in [7, 11) is 0. The number of amides is 3. The molecule has 7 heteroatoms. The molecule has 27 heavy (non-hydrogen) atoms. The number of benzene rings is 2. The van der Waals surface area contributed by atoms with E-state index in [1.54, 1.807) is 12.1 Å². The van der Waals surface area contributed by atoms with E-state index in [1.165, 1.54) is 16.7 Å². The first-order chi connectivity index (χ1) is 12.8. The van der Waals surface area contributed by atoms with E-state index >= 15 is 0 Å². The standard InChI is InChI=1S/C20H19BrN2O3S/c1-12-7-13(2)9-16(8-12)23-19(25)10-17(20(23)26)27-11-18(24)22-15-5-3-14(21)4-6-15/h3-9,17H,10-11H2,1-2H3,(H,22,24). The predicted octanol–water partition coefficient (Wildman–Crippen LogP) is 4.07. The molecule has 0 aliphatic carbocycles. The number of rotatable bonds is 5.